The number of H-pyrrole nitrogens is 1. The number of aromatic amines is 1. The molecule has 0 radical (unpaired) electrons. The van der Waals surface area contributed by atoms with E-state index < -0.39 is 34.4 Å². The number of nitrogens with two attached hydrogens (primary N) is 1. The summed E-state index contributed by atoms with van der Waals surface area (Å²) in [5.41, 5.74) is 4.10. The predicted octanol–water partition coefficient (Wildman–Crippen LogP) is 3.25. The van der Waals surface area contributed by atoms with Crippen molar-refractivity contribution in [1.82, 2.24) is 4.98 Å². The summed E-state index contributed by atoms with van der Waals surface area (Å²) in [4.78, 5) is 37.5. The number of ether oxygens (including phenoxy) is 1. The fourth-order valence-corrected chi connectivity index (χ4v) is 3.08. The van der Waals surface area contributed by atoms with Crippen LogP contribution in [-0.4, -0.2) is 27.1 Å². The summed E-state index contributed by atoms with van der Waals surface area (Å²) in [6.45, 7) is 0.180. The number of carbonyl (C=O) groups is 2. The highest BCUT2D eigenvalue weighted by atomic mass is 35.5. The molecule has 5 N–H and O–H groups in total. The molecule has 3 rings (SSSR count). The number of nitrogens with one attached hydrogen (secondary N) is 1. The average molecular weight is 415 g/mol. The minimum absolute atomic E-state index is 0.168. The Balaban J connectivity index is 2.07. The Bertz CT molecular complexity index is 1170. The van der Waals surface area contributed by atoms with Gasteiger partial charge in [-0.15, -0.1) is 0 Å². The van der Waals surface area contributed by atoms with Crippen LogP contribution in [0.15, 0.2) is 53.3 Å². The van der Waals surface area contributed by atoms with E-state index in [-0.39, 0.29) is 17.7 Å². The maximum Gasteiger partial charge on any atom is 0.342 e. The van der Waals surface area contributed by atoms with Crippen LogP contribution in [0.3, 0.4) is 0 Å². The number of halogens is 1. The number of hydrogen-bond acceptors (Lipinski definition) is 5. The second-order valence-electron chi connectivity index (χ2n) is 6.05. The summed E-state index contributed by atoms with van der Waals surface area (Å²) in [6.07, 6.45) is 0. The first-order valence-electron chi connectivity index (χ1n) is 8.28. The molecule has 0 saturated carbocycles. The molecule has 1 aromatic heterocycles. The fraction of sp³-hybridized carbons (Fsp3) is 0.0500. The molecule has 9 heteroatoms. The van der Waals surface area contributed by atoms with Crippen LogP contribution in [0.4, 0.5) is 5.82 Å². The van der Waals surface area contributed by atoms with Gasteiger partial charge >= 0.3 is 11.9 Å². The zero-order chi connectivity index (χ0) is 21.1. The van der Waals surface area contributed by atoms with Crippen LogP contribution < -0.4 is 16.0 Å². The number of carboxylic acid groups (broad SMARTS) is 2. The predicted molar refractivity (Wildman–Crippen MR) is 107 cm³/mol. The quantitative estimate of drug-likeness (QED) is 0.484. The third kappa shape index (κ3) is 4.22. The molecule has 1 heterocycles. The maximum atomic E-state index is 12.1. The van der Waals surface area contributed by atoms with Gasteiger partial charge in [-0.1, -0.05) is 35.9 Å². The maximum absolute atomic E-state index is 12.1. The second kappa shape index (κ2) is 8.07. The normalized spacial score (nSPS) is 10.5. The number of anilines is 1. The Morgan fingerprint density at radius 2 is 1.72 bits per heavy atom. The molecule has 8 nitrogen and oxygen atoms in total. The van der Waals surface area contributed by atoms with E-state index in [1.54, 1.807) is 30.3 Å². The first-order valence-corrected chi connectivity index (χ1v) is 8.65. The van der Waals surface area contributed by atoms with Gasteiger partial charge in [-0.25, -0.2) is 9.59 Å². The lowest BCUT2D eigenvalue weighted by molar-refractivity contribution is 0.0695. The summed E-state index contributed by atoms with van der Waals surface area (Å²) in [5.74, 6) is -3.14. The minimum atomic E-state index is -1.58. The highest BCUT2D eigenvalue weighted by molar-refractivity contribution is 6.30. The minimum Gasteiger partial charge on any atom is -0.489 e. The summed E-state index contributed by atoms with van der Waals surface area (Å²) < 4.78 is 5.70. The first kappa shape index (κ1) is 20.0. The lowest BCUT2D eigenvalue weighted by Gasteiger charge is -2.13. The van der Waals surface area contributed by atoms with Crippen LogP contribution in [0.25, 0.3) is 11.1 Å². The molecule has 0 atom stereocenters. The lowest BCUT2D eigenvalue weighted by Crippen LogP contribution is -2.24. The first-order chi connectivity index (χ1) is 13.8. The highest BCUT2D eigenvalue weighted by Crippen LogP contribution is 2.31. The van der Waals surface area contributed by atoms with Crippen molar-refractivity contribution in [2.24, 2.45) is 0 Å². The van der Waals surface area contributed by atoms with Gasteiger partial charge in [0.25, 0.3) is 5.56 Å². The van der Waals surface area contributed by atoms with Crippen LogP contribution in [0.1, 0.15) is 26.3 Å². The molecule has 0 amide bonds. The van der Waals surface area contributed by atoms with Crippen LogP contribution in [-0.2, 0) is 6.61 Å². The van der Waals surface area contributed by atoms with Gasteiger partial charge in [-0.3, -0.25) is 4.79 Å². The van der Waals surface area contributed by atoms with Crippen molar-refractivity contribution in [3.8, 4) is 16.9 Å². The zero-order valence-corrected chi connectivity index (χ0v) is 15.6. The van der Waals surface area contributed by atoms with E-state index >= 15 is 0 Å². The fourth-order valence-electron chi connectivity index (χ4n) is 2.87. The summed E-state index contributed by atoms with van der Waals surface area (Å²) in [7, 11) is 0. The molecule has 3 aromatic rings. The smallest absolute Gasteiger partial charge is 0.342 e. The van der Waals surface area contributed by atoms with Gasteiger partial charge in [0.2, 0.25) is 0 Å². The van der Waals surface area contributed by atoms with Crippen LogP contribution >= 0.6 is 11.6 Å². The van der Waals surface area contributed by atoms with Crippen LogP contribution in [0.2, 0.25) is 5.02 Å². The van der Waals surface area contributed by atoms with E-state index in [1.807, 2.05) is 6.07 Å². The summed E-state index contributed by atoms with van der Waals surface area (Å²) in [6, 6.07) is 13.1. The van der Waals surface area contributed by atoms with Crippen molar-refractivity contribution >= 4 is 29.4 Å². The Labute approximate surface area is 169 Å². The van der Waals surface area contributed by atoms with Crippen LogP contribution in [0, 0.1) is 0 Å². The van der Waals surface area contributed by atoms with Gasteiger partial charge in [0, 0.05) is 10.6 Å². The summed E-state index contributed by atoms with van der Waals surface area (Å²) >= 11 is 5.94. The van der Waals surface area contributed by atoms with Gasteiger partial charge in [0.15, 0.2) is 0 Å². The number of benzene rings is 2. The van der Waals surface area contributed by atoms with E-state index in [1.165, 1.54) is 12.1 Å². The van der Waals surface area contributed by atoms with Gasteiger partial charge in [-0.2, -0.15) is 0 Å². The molecule has 0 saturated heterocycles. The van der Waals surface area contributed by atoms with Gasteiger partial charge in [-0.05, 0) is 35.4 Å². The average Bonchev–Trinajstić information content (AvgIpc) is 2.65. The highest BCUT2D eigenvalue weighted by Gasteiger charge is 2.26. The second-order valence-corrected chi connectivity index (χ2v) is 6.49. The standard InChI is InChI=1S/C20H15ClN2O6/c21-12-5-1-3-10(7-12)9-29-13-6-2-4-11(8-13)14-15(19(25)26)17(22)23-18(24)16(14)20(27)28/h1-8H,9H2,(H,25,26)(H,27,28)(H3,22,23,24). The molecule has 0 aliphatic heterocycles. The molecule has 0 aliphatic rings. The molecular weight excluding hydrogens is 400 g/mol. The summed E-state index contributed by atoms with van der Waals surface area (Å²) in [5, 5.41) is 19.5. The molecule has 0 spiro atoms. The van der Waals surface area contributed by atoms with Crippen LogP contribution in [0.5, 0.6) is 5.75 Å². The molecule has 0 bridgehead atoms. The Morgan fingerprint density at radius 1 is 1.03 bits per heavy atom. The van der Waals surface area contributed by atoms with Gasteiger partial charge < -0.3 is 25.7 Å². The van der Waals surface area contributed by atoms with E-state index in [9.17, 15) is 24.6 Å². The number of pyridine rings is 1. The molecule has 2 aromatic carbocycles. The van der Waals surface area contributed by atoms with Crippen molar-refractivity contribution in [2.75, 3.05) is 5.73 Å². The molecule has 0 fully saturated rings. The van der Waals surface area contributed by atoms with E-state index in [0.717, 1.165) is 5.56 Å². The molecular formula is C20H15ClN2O6. The van der Waals surface area contributed by atoms with Crippen molar-refractivity contribution in [2.45, 2.75) is 6.61 Å². The van der Waals surface area contributed by atoms with E-state index in [0.29, 0.717) is 10.8 Å². The monoisotopic (exact) mass is 414 g/mol. The Kier molecular flexibility index (Phi) is 5.56. The van der Waals surface area contributed by atoms with Crippen molar-refractivity contribution in [3.05, 3.63) is 80.6 Å². The van der Waals surface area contributed by atoms with E-state index in [2.05, 4.69) is 4.98 Å². The molecule has 0 unspecified atom stereocenters. The van der Waals surface area contributed by atoms with Crippen molar-refractivity contribution in [3.63, 3.8) is 0 Å². The largest absolute Gasteiger partial charge is 0.489 e. The lowest BCUT2D eigenvalue weighted by atomic mass is 9.95. The molecule has 148 valence electrons. The Hall–Kier alpha value is -3.78. The van der Waals surface area contributed by atoms with Crippen molar-refractivity contribution in [1.29, 1.82) is 0 Å². The molecule has 29 heavy (non-hydrogen) atoms. The number of rotatable bonds is 6. The third-order valence-electron chi connectivity index (χ3n) is 4.09. The number of aromatic carboxylic acids is 2. The number of aromatic nitrogens is 1. The molecule has 0 aliphatic carbocycles. The van der Waals surface area contributed by atoms with Gasteiger partial charge in [0.1, 0.15) is 29.3 Å². The van der Waals surface area contributed by atoms with E-state index in [4.69, 9.17) is 22.1 Å². The SMILES string of the molecule is Nc1[nH]c(=O)c(C(=O)O)c(-c2cccc(OCc3cccc(Cl)c3)c2)c1C(=O)O. The third-order valence-corrected chi connectivity index (χ3v) is 4.32. The Morgan fingerprint density at radius 3 is 2.38 bits per heavy atom. The zero-order valence-electron chi connectivity index (χ0n) is 14.8. The number of nitrogen functional groups attached to an aromatic ring is 1. The number of hydrogen-bond donors (Lipinski definition) is 4. The van der Waals surface area contributed by atoms with Gasteiger partial charge in [0.05, 0.1) is 0 Å². The van der Waals surface area contributed by atoms with Crippen molar-refractivity contribution < 1.29 is 24.5 Å². The topological polar surface area (TPSA) is 143 Å². The number of carboxylic acids is 2.